The minimum atomic E-state index is -2.13. The Balaban J connectivity index is 0.836. The summed E-state index contributed by atoms with van der Waals surface area (Å²) in [6.07, 6.45) is -41.1. The third-order valence-electron chi connectivity index (χ3n) is 24.8. The molecule has 7 aliphatic heterocycles. The maximum Gasteiger partial charge on any atom is 0.313 e. The van der Waals surface area contributed by atoms with Gasteiger partial charge in [0, 0.05) is 38.9 Å². The molecule has 7 saturated heterocycles. The zero-order chi connectivity index (χ0) is 73.5. The Morgan fingerprint density at radius 1 is 0.535 bits per heavy atom. The topological polar surface area (TPSA) is 485 Å². The SMILES string of the molecule is CO[C@@H]1[C@@H](O)[C@H](O[C@@H]2[C@@H](O)[C@H](O[C@@H]3CO[C@@H](O[C@H]4CC[C@]5(C)[C@H]6CCC78C(=O)O[C@@](C)(C[C@H](CC(C)C)OC(C)=O)C7CC[C@@]8(C)C6=CC[C@H]5C4(C)C)[C@H](O[C@@H]4O[C@H](CO)[C@@H](O[C@@H]5OC[C@@H](O)[C@H](O[C@@H]6O[C@H](CO)[C@@H](O)[C@H](OC)[C@H]6O)[C@H]5O)[C@H](O)[C@H]4O)[C@H]3O)O[C@H](CO)[C@H]2O)O[C@H](CO)[C@H]1O. The van der Waals surface area contributed by atoms with Crippen molar-refractivity contribution in [3.63, 3.8) is 0 Å². The van der Waals surface area contributed by atoms with Gasteiger partial charge >= 0.3 is 11.9 Å². The van der Waals surface area contributed by atoms with Crippen LogP contribution in [0, 0.1) is 45.3 Å². The third-order valence-corrected chi connectivity index (χ3v) is 24.8. The van der Waals surface area contributed by atoms with Gasteiger partial charge in [-0.1, -0.05) is 53.2 Å². The highest BCUT2D eigenvalue weighted by atomic mass is 16.8. The molecule has 2 unspecified atom stereocenters. The molecule has 0 radical (unpaired) electrons. The van der Waals surface area contributed by atoms with Gasteiger partial charge in [0.2, 0.25) is 0 Å². The van der Waals surface area contributed by atoms with Gasteiger partial charge in [0.15, 0.2) is 37.7 Å². The molecule has 4 aliphatic carbocycles. The molecule has 0 aromatic heterocycles. The van der Waals surface area contributed by atoms with Crippen LogP contribution in [0.25, 0.3) is 0 Å². The van der Waals surface area contributed by atoms with Gasteiger partial charge < -0.3 is 152 Å². The molecule has 7 heterocycles. The normalized spacial score (nSPS) is 50.9. The highest BCUT2D eigenvalue weighted by molar-refractivity contribution is 5.83. The number of hydrogen-bond donors (Lipinski definition) is 15. The summed E-state index contributed by atoms with van der Waals surface area (Å²) < 4.78 is 95.8. The minimum absolute atomic E-state index is 0.0434. The molecular formula is C68H110O33. The van der Waals surface area contributed by atoms with Crippen LogP contribution in [-0.4, -0.2) is 332 Å². The molecule has 33 heteroatoms. The molecule has 10 fully saturated rings. The fourth-order valence-electron chi connectivity index (χ4n) is 19.6. The molecule has 1 spiro atoms. The van der Waals surface area contributed by atoms with Gasteiger partial charge in [-0.3, -0.25) is 9.59 Å². The summed E-state index contributed by atoms with van der Waals surface area (Å²) in [6, 6.07) is 0. The van der Waals surface area contributed by atoms with E-state index in [2.05, 4.69) is 47.6 Å². The first kappa shape index (κ1) is 79.6. The first-order valence-corrected chi connectivity index (χ1v) is 35.6. The highest BCUT2D eigenvalue weighted by Gasteiger charge is 2.77. The van der Waals surface area contributed by atoms with Crippen molar-refractivity contribution in [2.45, 2.75) is 303 Å². The monoisotopic (exact) mass is 1450 g/mol. The van der Waals surface area contributed by atoms with Gasteiger partial charge in [-0.25, -0.2) is 0 Å². The second-order valence-electron chi connectivity index (χ2n) is 31.4. The van der Waals surface area contributed by atoms with Crippen molar-refractivity contribution < 1.29 is 162 Å². The summed E-state index contributed by atoms with van der Waals surface area (Å²) >= 11 is 0. The van der Waals surface area contributed by atoms with Gasteiger partial charge in [0.05, 0.1) is 51.2 Å². The molecule has 0 amide bonds. The lowest BCUT2D eigenvalue weighted by atomic mass is 9.41. The third kappa shape index (κ3) is 14.3. The first-order chi connectivity index (χ1) is 47.7. The van der Waals surface area contributed by atoms with Gasteiger partial charge in [0.1, 0.15) is 146 Å². The van der Waals surface area contributed by atoms with Crippen LogP contribution >= 0.6 is 0 Å². The molecule has 101 heavy (non-hydrogen) atoms. The molecule has 37 atom stereocenters. The Morgan fingerprint density at radius 2 is 1.05 bits per heavy atom. The van der Waals surface area contributed by atoms with Gasteiger partial charge in [0.25, 0.3) is 0 Å². The van der Waals surface area contributed by atoms with Crippen LogP contribution in [0.3, 0.4) is 0 Å². The van der Waals surface area contributed by atoms with E-state index in [4.69, 9.17) is 75.8 Å². The van der Waals surface area contributed by atoms with Crippen molar-refractivity contribution >= 4 is 11.9 Å². The van der Waals surface area contributed by atoms with E-state index in [1.54, 1.807) is 0 Å². The minimum Gasteiger partial charge on any atom is -0.462 e. The molecule has 11 aliphatic rings. The van der Waals surface area contributed by atoms with Gasteiger partial charge in [-0.15, -0.1) is 0 Å². The number of aliphatic hydroxyl groups excluding tert-OH is 15. The van der Waals surface area contributed by atoms with Crippen LogP contribution < -0.4 is 0 Å². The van der Waals surface area contributed by atoms with E-state index < -0.39 is 246 Å². The number of esters is 2. The van der Waals surface area contributed by atoms with Crippen LogP contribution in [0.15, 0.2) is 11.6 Å². The average molecular weight is 1460 g/mol. The van der Waals surface area contributed by atoms with Crippen LogP contribution in [0.2, 0.25) is 0 Å². The van der Waals surface area contributed by atoms with Crippen molar-refractivity contribution in [3.05, 3.63) is 11.6 Å². The molecule has 3 saturated carbocycles. The average Bonchev–Trinajstić information content (AvgIpc) is 1.53. The predicted molar refractivity (Wildman–Crippen MR) is 337 cm³/mol. The molecule has 0 aromatic rings. The van der Waals surface area contributed by atoms with Crippen molar-refractivity contribution in [3.8, 4) is 0 Å². The smallest absolute Gasteiger partial charge is 0.313 e. The van der Waals surface area contributed by atoms with Crippen molar-refractivity contribution in [2.24, 2.45) is 45.3 Å². The number of ether oxygens (including phenoxy) is 16. The standard InChI is InChI=1S/C68H110O33/c1-27(2)19-29(90-28(3)73)20-67(8)39-14-17-66(7)31-11-12-38-64(4,5)40(15-16-65(38,6)30(31)13-18-68(39,66)63(85)101-67)96-62-56(44(78)37(26-89-62)95-59-50(84)55(43(77)35(23-71)91-59)99-61-49(83)54(87-10)42(76)34(22-70)93-61)100-58-46(80)45(79)52(36(24-72)94-58)98-57-47(81)51(32(74)25-88-57)97-60-48(82)53(86-9)41(75)33(21-69)92-60/h11,27,29-30,32-62,69-72,74-84H,12-26H2,1-10H3/t29-,30-,32+,33+,34+,35+,36+,37+,38-,39?,40-,41+,42+,43+,44-,45+,46+,47+,48+,49+,50+,51-,52+,53-,54-,55-,56+,57-,58-,59-,60-,61-,62-,65+,66-,67-,68?/m0/s1. The number of carbonyl (C=O) groups excluding carboxylic acids is 2. The molecule has 11 rings (SSSR count). The molecule has 580 valence electrons. The Kier molecular flexibility index (Phi) is 24.6. The van der Waals surface area contributed by atoms with E-state index in [0.717, 1.165) is 12.8 Å². The molecule has 33 nitrogen and oxygen atoms in total. The number of rotatable bonds is 23. The van der Waals surface area contributed by atoms with Crippen LogP contribution in [0.1, 0.15) is 113 Å². The van der Waals surface area contributed by atoms with Gasteiger partial charge in [-0.2, -0.15) is 0 Å². The van der Waals surface area contributed by atoms with E-state index in [9.17, 15) is 86.2 Å². The number of hydrogen-bond acceptors (Lipinski definition) is 33. The maximum absolute atomic E-state index is 14.8. The highest BCUT2D eigenvalue weighted by Crippen LogP contribution is 2.76. The largest absolute Gasteiger partial charge is 0.462 e. The molecular weight excluding hydrogens is 1340 g/mol. The van der Waals surface area contributed by atoms with Crippen molar-refractivity contribution in [1.82, 2.24) is 0 Å². The van der Waals surface area contributed by atoms with E-state index in [1.807, 2.05) is 6.92 Å². The second-order valence-corrected chi connectivity index (χ2v) is 31.4. The zero-order valence-electron chi connectivity index (χ0n) is 58.9. The summed E-state index contributed by atoms with van der Waals surface area (Å²) in [5, 5.41) is 167. The molecule has 15 N–H and O–H groups in total. The van der Waals surface area contributed by atoms with E-state index in [-0.39, 0.29) is 41.0 Å². The maximum atomic E-state index is 14.8. The Labute approximate surface area is 585 Å². The summed E-state index contributed by atoms with van der Waals surface area (Å²) in [4.78, 5) is 27.2. The molecule has 0 aromatic carbocycles. The van der Waals surface area contributed by atoms with Crippen molar-refractivity contribution in [1.29, 1.82) is 0 Å². The number of aliphatic hydroxyl groups is 15. The number of methoxy groups -OCH3 is 2. The molecule has 0 bridgehead atoms. The fraction of sp³-hybridized carbons (Fsp3) is 0.941. The second kappa shape index (κ2) is 31.2. The summed E-state index contributed by atoms with van der Waals surface area (Å²) in [5.41, 5.74) is -1.92. The van der Waals surface area contributed by atoms with E-state index in [0.29, 0.717) is 44.9 Å². The van der Waals surface area contributed by atoms with Crippen molar-refractivity contribution in [2.75, 3.05) is 53.9 Å². The van der Waals surface area contributed by atoms with Crippen LogP contribution in [-0.2, 0) is 85.4 Å². The Hall–Kier alpha value is -2.48. The van der Waals surface area contributed by atoms with Gasteiger partial charge in [-0.05, 0) is 86.9 Å². The number of cyclic esters (lactones) is 1. The quantitative estimate of drug-likeness (QED) is 0.0344. The van der Waals surface area contributed by atoms with E-state index >= 15 is 0 Å². The summed E-state index contributed by atoms with van der Waals surface area (Å²) in [6.45, 7) is 11.8. The van der Waals surface area contributed by atoms with Crippen LogP contribution in [0.5, 0.6) is 0 Å². The number of fused-ring (bicyclic) bond motifs is 4. The Bertz CT molecular complexity index is 2820. The fourth-order valence-corrected chi connectivity index (χ4v) is 19.6. The summed E-state index contributed by atoms with van der Waals surface area (Å²) in [7, 11) is 2.37. The zero-order valence-corrected chi connectivity index (χ0v) is 58.9. The van der Waals surface area contributed by atoms with E-state index in [1.165, 1.54) is 26.7 Å². The Morgan fingerprint density at radius 3 is 1.62 bits per heavy atom. The first-order valence-electron chi connectivity index (χ1n) is 35.6. The number of allylic oxidation sites excluding steroid dienone is 2. The summed E-state index contributed by atoms with van der Waals surface area (Å²) in [5.74, 6) is -0.435. The van der Waals surface area contributed by atoms with Crippen LogP contribution in [0.4, 0.5) is 0 Å². The number of carbonyl (C=O) groups is 2. The lowest BCUT2D eigenvalue weighted by Crippen LogP contribution is -2.67. The lowest BCUT2D eigenvalue weighted by molar-refractivity contribution is -0.396. The predicted octanol–water partition coefficient (Wildman–Crippen LogP) is -3.85. The lowest BCUT2D eigenvalue weighted by Gasteiger charge is -2.64.